The van der Waals surface area contributed by atoms with Gasteiger partial charge in [-0.05, 0) is 0 Å². The van der Waals surface area contributed by atoms with E-state index in [1.807, 2.05) is 6.56 Å². The van der Waals surface area contributed by atoms with Crippen molar-refractivity contribution in [3.05, 3.63) is 42.0 Å². The minimum atomic E-state index is -0.495. The number of allylic oxidation sites excluding steroid dienone is 8. The fraction of sp³-hybridized carbons (Fsp3) is 0.556. The van der Waals surface area contributed by atoms with Crippen molar-refractivity contribution in [1.82, 2.24) is 0 Å². The Morgan fingerprint density at radius 3 is 1.52 bits per heavy atom. The van der Waals surface area contributed by atoms with E-state index in [0.29, 0.717) is 0 Å². The second kappa shape index (κ2) is 10.6. The van der Waals surface area contributed by atoms with Gasteiger partial charge >= 0.3 is 130 Å². The standard InChI is InChI=1S/2C9H13.2BrH.Zr/c2*1-8(2)7-9-5-3-4-6-9;;;/h2*3,5,8H,4,7H2,1-2H3;2*1H;/q;;;;+2/p-2. The molecule has 0 spiro atoms. The summed E-state index contributed by atoms with van der Waals surface area (Å²) in [5, 5.41) is 0. The molecule has 0 N–H and O–H groups in total. The molecule has 0 aromatic rings. The van der Waals surface area contributed by atoms with Gasteiger partial charge in [-0.2, -0.15) is 0 Å². The molecule has 2 rings (SSSR count). The number of rotatable bonds is 6. The van der Waals surface area contributed by atoms with Gasteiger partial charge in [-0.15, -0.1) is 0 Å². The van der Waals surface area contributed by atoms with E-state index in [-0.39, 0.29) is 34.0 Å². The van der Waals surface area contributed by atoms with E-state index in [1.54, 1.807) is 11.1 Å². The van der Waals surface area contributed by atoms with E-state index in [1.165, 1.54) is 25.7 Å². The molecule has 0 atom stereocenters. The average Bonchev–Trinajstić information content (AvgIpc) is 2.89. The van der Waals surface area contributed by atoms with Crippen molar-refractivity contribution in [3.63, 3.8) is 0 Å². The molecule has 0 bridgehead atoms. The summed E-state index contributed by atoms with van der Waals surface area (Å²) in [4.78, 5) is 0. The van der Waals surface area contributed by atoms with Crippen LogP contribution >= 0.6 is 0 Å². The molecule has 2 aliphatic rings. The van der Waals surface area contributed by atoms with Crippen molar-refractivity contribution in [2.75, 3.05) is 0 Å². The largest absolute Gasteiger partial charge is 1.00 e. The number of halogens is 2. The summed E-state index contributed by atoms with van der Waals surface area (Å²) in [7, 11) is 0. The summed E-state index contributed by atoms with van der Waals surface area (Å²) in [6.45, 7) is 9.34. The van der Waals surface area contributed by atoms with Gasteiger partial charge in [-0.1, -0.05) is 0 Å². The van der Waals surface area contributed by atoms with Crippen LogP contribution in [0.4, 0.5) is 0 Å². The van der Waals surface area contributed by atoms with Gasteiger partial charge in [0, 0.05) is 0 Å². The minimum absolute atomic E-state index is 0. The van der Waals surface area contributed by atoms with Crippen molar-refractivity contribution in [1.29, 1.82) is 0 Å². The predicted octanol–water partition coefficient (Wildman–Crippen LogP) is -0.403. The first kappa shape index (κ1) is 21.8. The molecule has 0 aliphatic heterocycles. The van der Waals surface area contributed by atoms with Gasteiger partial charge < -0.3 is 34.0 Å². The second-order valence-electron chi connectivity index (χ2n) is 6.54. The molecule has 0 fully saturated rings. The molecular formula is C18H26Br2Zr. The molecule has 0 radical (unpaired) electrons. The van der Waals surface area contributed by atoms with E-state index in [9.17, 15) is 0 Å². The van der Waals surface area contributed by atoms with Gasteiger partial charge in [0.25, 0.3) is 0 Å². The van der Waals surface area contributed by atoms with Gasteiger partial charge in [0.15, 0.2) is 0 Å². The monoisotopic (exact) mass is 490 g/mol. The molecule has 0 heterocycles. The second-order valence-corrected chi connectivity index (χ2v) is 10.1. The molecule has 0 aromatic carbocycles. The third kappa shape index (κ3) is 6.84. The Labute approximate surface area is 163 Å². The smallest absolute Gasteiger partial charge is 1.00 e. The molecule has 0 unspecified atom stereocenters. The van der Waals surface area contributed by atoms with Crippen LogP contribution in [0.5, 0.6) is 0 Å². The van der Waals surface area contributed by atoms with E-state index in [0.717, 1.165) is 11.8 Å². The van der Waals surface area contributed by atoms with Crippen LogP contribution in [0.1, 0.15) is 53.4 Å². The van der Waals surface area contributed by atoms with Crippen molar-refractivity contribution in [3.8, 4) is 0 Å². The Bertz CT molecular complexity index is 412. The number of hydrogen-bond donors (Lipinski definition) is 0. The van der Waals surface area contributed by atoms with Crippen LogP contribution < -0.4 is 34.0 Å². The zero-order valence-corrected chi connectivity index (χ0v) is 19.2. The van der Waals surface area contributed by atoms with Crippen molar-refractivity contribution in [2.45, 2.75) is 53.4 Å². The van der Waals surface area contributed by atoms with Crippen molar-refractivity contribution >= 4 is 0 Å². The fourth-order valence-electron chi connectivity index (χ4n) is 2.81. The molecular weight excluding hydrogens is 467 g/mol. The first-order valence-corrected chi connectivity index (χ1v) is 10.1. The Morgan fingerprint density at radius 1 is 0.810 bits per heavy atom. The maximum atomic E-state index is 2.40. The Hall–Kier alpha value is 0.803. The van der Waals surface area contributed by atoms with Gasteiger partial charge in [0.1, 0.15) is 0 Å². The maximum Gasteiger partial charge on any atom is -1.00 e. The molecule has 0 aromatic heterocycles. The van der Waals surface area contributed by atoms with Crippen LogP contribution in [-0.2, 0) is 23.2 Å². The van der Waals surface area contributed by atoms with E-state index >= 15 is 0 Å². The zero-order valence-electron chi connectivity index (χ0n) is 13.5. The first-order chi connectivity index (χ1) is 9.06. The van der Waals surface area contributed by atoms with Gasteiger partial charge in [0.2, 0.25) is 0 Å². The van der Waals surface area contributed by atoms with Crippen LogP contribution in [0.3, 0.4) is 0 Å². The minimum Gasteiger partial charge on any atom is -1.00 e. The summed E-state index contributed by atoms with van der Waals surface area (Å²) in [6.07, 6.45) is 14.7. The van der Waals surface area contributed by atoms with E-state index in [4.69, 9.17) is 0 Å². The van der Waals surface area contributed by atoms with Gasteiger partial charge in [0.05, 0.1) is 0 Å². The van der Waals surface area contributed by atoms with Crippen LogP contribution in [0, 0.1) is 11.8 Å². The average molecular weight is 493 g/mol. The molecule has 2 aliphatic carbocycles. The van der Waals surface area contributed by atoms with Crippen molar-refractivity contribution in [2.24, 2.45) is 11.8 Å². The zero-order chi connectivity index (χ0) is 13.8. The summed E-state index contributed by atoms with van der Waals surface area (Å²) in [6, 6.07) is 0. The molecule has 0 nitrogen and oxygen atoms in total. The Balaban J connectivity index is 0.00000200. The molecule has 0 amide bonds. The molecule has 0 saturated heterocycles. The fourth-order valence-corrected chi connectivity index (χ4v) is 6.49. The third-order valence-corrected chi connectivity index (χ3v) is 7.68. The topological polar surface area (TPSA) is 0 Å². The van der Waals surface area contributed by atoms with Crippen LogP contribution in [0.25, 0.3) is 0 Å². The maximum absolute atomic E-state index is 2.40. The summed E-state index contributed by atoms with van der Waals surface area (Å²) in [5.41, 5.74) is 3.37. The molecule has 116 valence electrons. The van der Waals surface area contributed by atoms with Gasteiger partial charge in [-0.3, -0.25) is 0 Å². The molecule has 3 heteroatoms. The van der Waals surface area contributed by atoms with Crippen LogP contribution in [0.15, 0.2) is 42.0 Å². The molecule has 0 saturated carbocycles. The van der Waals surface area contributed by atoms with Gasteiger partial charge in [-0.25, -0.2) is 0 Å². The quantitative estimate of drug-likeness (QED) is 0.473. The summed E-state index contributed by atoms with van der Waals surface area (Å²) in [5.74, 6) is 1.58. The normalized spacial score (nSPS) is 16.7. The van der Waals surface area contributed by atoms with Crippen molar-refractivity contribution < 1.29 is 57.2 Å². The SMILES string of the molecule is CC(C)CC1=[C]([Zr+2][C]2=C(CC(C)C)C=CC2)CC=C1.[Br-].[Br-]. The van der Waals surface area contributed by atoms with Crippen LogP contribution in [-0.4, -0.2) is 0 Å². The van der Waals surface area contributed by atoms with Crippen LogP contribution in [0.2, 0.25) is 0 Å². The molecule has 21 heavy (non-hydrogen) atoms. The third-order valence-electron chi connectivity index (χ3n) is 3.62. The summed E-state index contributed by atoms with van der Waals surface area (Å²) >= 11 is -0.495. The first-order valence-electron chi connectivity index (χ1n) is 7.60. The Morgan fingerprint density at radius 2 is 1.19 bits per heavy atom. The number of hydrogen-bond acceptors (Lipinski definition) is 0. The summed E-state index contributed by atoms with van der Waals surface area (Å²) < 4.78 is 3.69. The van der Waals surface area contributed by atoms with E-state index < -0.39 is 23.2 Å². The van der Waals surface area contributed by atoms with E-state index in [2.05, 4.69) is 52.0 Å². The predicted molar refractivity (Wildman–Crippen MR) is 80.5 cm³/mol. The Kier molecular flexibility index (Phi) is 11.0.